The van der Waals surface area contributed by atoms with Crippen LogP contribution in [0, 0.1) is 10.8 Å². The molecule has 1 saturated heterocycles. The highest BCUT2D eigenvalue weighted by Gasteiger charge is 2.40. The topological polar surface area (TPSA) is 102 Å². The van der Waals surface area contributed by atoms with Crippen LogP contribution in [0.25, 0.3) is 0 Å². The molecule has 1 aromatic rings. The summed E-state index contributed by atoms with van der Waals surface area (Å²) in [6, 6.07) is 5.70. The van der Waals surface area contributed by atoms with Crippen molar-refractivity contribution in [2.45, 2.75) is 44.8 Å². The molecule has 1 atom stereocenters. The Labute approximate surface area is 179 Å². The Balaban J connectivity index is 1.75. The third-order valence-electron chi connectivity index (χ3n) is 5.93. The van der Waals surface area contributed by atoms with Crippen LogP contribution in [0.5, 0.6) is 5.75 Å². The Morgan fingerprint density at radius 3 is 2.73 bits per heavy atom. The van der Waals surface area contributed by atoms with Gasteiger partial charge in [-0.05, 0) is 51.9 Å². The first-order valence-electron chi connectivity index (χ1n) is 10.6. The minimum atomic E-state index is -0.0961. The van der Waals surface area contributed by atoms with Crippen LogP contribution in [0.2, 0.25) is 0 Å². The number of amidine groups is 1. The van der Waals surface area contributed by atoms with Crippen molar-refractivity contribution in [2.24, 2.45) is 4.99 Å². The van der Waals surface area contributed by atoms with Crippen LogP contribution in [0.15, 0.2) is 35.8 Å². The lowest BCUT2D eigenvalue weighted by Gasteiger charge is -2.39. The van der Waals surface area contributed by atoms with Gasteiger partial charge in [-0.25, -0.2) is 0 Å². The van der Waals surface area contributed by atoms with E-state index in [1.165, 1.54) is 0 Å². The number of nitrogens with zero attached hydrogens (tertiary/aromatic N) is 3. The fourth-order valence-corrected chi connectivity index (χ4v) is 3.62. The van der Waals surface area contributed by atoms with E-state index >= 15 is 0 Å². The summed E-state index contributed by atoms with van der Waals surface area (Å²) in [5.74, 6) is 1.20. The van der Waals surface area contributed by atoms with Crippen molar-refractivity contribution < 1.29 is 4.74 Å². The van der Waals surface area contributed by atoms with Gasteiger partial charge in [0.05, 0.1) is 11.4 Å². The number of aliphatic imine (C=N–C) groups is 1. The van der Waals surface area contributed by atoms with Gasteiger partial charge in [-0.2, -0.15) is 0 Å². The Hall–Kier alpha value is -2.67. The monoisotopic (exact) mass is 410 g/mol. The largest absolute Gasteiger partial charge is 0.488 e. The lowest BCUT2D eigenvalue weighted by atomic mass is 10.00. The first-order valence-corrected chi connectivity index (χ1v) is 10.6. The number of nitrogens with one attached hydrogen (secondary N) is 2. The van der Waals surface area contributed by atoms with Gasteiger partial charge in [0, 0.05) is 49.9 Å². The molecule has 1 heterocycles. The molecule has 0 aromatic heterocycles. The molecule has 3 rings (SSSR count). The van der Waals surface area contributed by atoms with E-state index < -0.39 is 0 Å². The summed E-state index contributed by atoms with van der Waals surface area (Å²) in [6.45, 7) is 10.9. The fourth-order valence-electron chi connectivity index (χ4n) is 3.62. The summed E-state index contributed by atoms with van der Waals surface area (Å²) in [5, 5.41) is 17.4. The molecule has 1 unspecified atom stereocenters. The van der Waals surface area contributed by atoms with E-state index in [1.807, 2.05) is 25.1 Å². The Kier molecular flexibility index (Phi) is 6.61. The second kappa shape index (κ2) is 9.00. The highest BCUT2D eigenvalue weighted by atomic mass is 16.5. The summed E-state index contributed by atoms with van der Waals surface area (Å²) in [5.41, 5.74) is 8.08. The molecule has 7 nitrogen and oxygen atoms in total. The number of likely N-dealkylation sites (N-methyl/N-ethyl adjacent to an activating group) is 1. The van der Waals surface area contributed by atoms with Crippen LogP contribution in [-0.4, -0.2) is 71.9 Å². The average Bonchev–Trinajstić information content (AvgIpc) is 3.45. The number of nitrogens with two attached hydrogens (primary N) is 1. The lowest BCUT2D eigenvalue weighted by Crippen LogP contribution is -2.52. The quantitative estimate of drug-likeness (QED) is 0.265. The predicted octanol–water partition coefficient (Wildman–Crippen LogP) is 3.20. The van der Waals surface area contributed by atoms with Crippen molar-refractivity contribution in [3.63, 3.8) is 0 Å². The van der Waals surface area contributed by atoms with Gasteiger partial charge in [-0.15, -0.1) is 6.58 Å². The van der Waals surface area contributed by atoms with Crippen LogP contribution in [0.1, 0.15) is 38.7 Å². The van der Waals surface area contributed by atoms with Gasteiger partial charge in [-0.1, -0.05) is 6.08 Å². The molecule has 1 saturated carbocycles. The molecule has 7 heteroatoms. The number of piperazine rings is 1. The molecular weight excluding hydrogens is 376 g/mol. The standard InChI is InChI=1S/C23H34N6O/c1-5-16-15-29(12-11-28(16)4)21(25)14-20(27-6-2)22(26)18-13-17(7-8-19(18)24)30-23(3)9-10-23/h5,7-8,13,16,25-26H,1,6,9-12,14-15,24H2,2-4H3. The summed E-state index contributed by atoms with van der Waals surface area (Å²) < 4.78 is 6.05. The van der Waals surface area contributed by atoms with Gasteiger partial charge in [0.2, 0.25) is 0 Å². The molecule has 0 radical (unpaired) electrons. The third-order valence-corrected chi connectivity index (χ3v) is 5.93. The molecule has 30 heavy (non-hydrogen) atoms. The molecule has 1 aliphatic heterocycles. The molecule has 2 fully saturated rings. The van der Waals surface area contributed by atoms with Crippen LogP contribution in [0.4, 0.5) is 5.69 Å². The zero-order chi connectivity index (χ0) is 21.9. The van der Waals surface area contributed by atoms with Crippen molar-refractivity contribution in [3.05, 3.63) is 36.4 Å². The summed E-state index contributed by atoms with van der Waals surface area (Å²) in [6.07, 6.45) is 4.32. The number of nitrogen functional groups attached to an aromatic ring is 1. The van der Waals surface area contributed by atoms with Gasteiger partial charge >= 0.3 is 0 Å². The highest BCUT2D eigenvalue weighted by molar-refractivity contribution is 6.50. The molecule has 0 bridgehead atoms. The maximum absolute atomic E-state index is 8.78. The lowest BCUT2D eigenvalue weighted by molar-refractivity contribution is 0.169. The Bertz CT molecular complexity index is 857. The van der Waals surface area contributed by atoms with Crippen LogP contribution < -0.4 is 10.5 Å². The molecular formula is C23H34N6O. The second-order valence-corrected chi connectivity index (χ2v) is 8.45. The Morgan fingerprint density at radius 1 is 1.37 bits per heavy atom. The molecule has 162 valence electrons. The molecule has 1 aliphatic carbocycles. The van der Waals surface area contributed by atoms with E-state index in [4.69, 9.17) is 21.3 Å². The van der Waals surface area contributed by atoms with Gasteiger partial charge in [0.15, 0.2) is 0 Å². The number of hydrogen-bond donors (Lipinski definition) is 3. The first kappa shape index (κ1) is 22.0. The fraction of sp³-hybridized carbons (Fsp3) is 0.522. The molecule has 0 spiro atoms. The Morgan fingerprint density at radius 2 is 2.10 bits per heavy atom. The van der Waals surface area contributed by atoms with Crippen molar-refractivity contribution in [2.75, 3.05) is 39.0 Å². The van der Waals surface area contributed by atoms with Gasteiger partial charge in [0.1, 0.15) is 17.2 Å². The first-order chi connectivity index (χ1) is 14.3. The third kappa shape index (κ3) is 5.08. The van der Waals surface area contributed by atoms with E-state index in [1.54, 1.807) is 6.07 Å². The number of hydrogen-bond acceptors (Lipinski definition) is 6. The smallest absolute Gasteiger partial charge is 0.120 e. The minimum Gasteiger partial charge on any atom is -0.488 e. The maximum Gasteiger partial charge on any atom is 0.120 e. The van der Waals surface area contributed by atoms with E-state index in [0.29, 0.717) is 35.8 Å². The second-order valence-electron chi connectivity index (χ2n) is 8.45. The molecule has 2 aliphatic rings. The molecule has 1 aromatic carbocycles. The summed E-state index contributed by atoms with van der Waals surface area (Å²) in [7, 11) is 2.08. The number of ether oxygens (including phenoxy) is 1. The van der Waals surface area contributed by atoms with Crippen LogP contribution in [-0.2, 0) is 0 Å². The average molecular weight is 411 g/mol. The van der Waals surface area contributed by atoms with Crippen LogP contribution in [0.3, 0.4) is 0 Å². The van der Waals surface area contributed by atoms with E-state index in [-0.39, 0.29) is 17.4 Å². The highest BCUT2D eigenvalue weighted by Crippen LogP contribution is 2.40. The summed E-state index contributed by atoms with van der Waals surface area (Å²) in [4.78, 5) is 8.84. The van der Waals surface area contributed by atoms with Crippen molar-refractivity contribution >= 4 is 22.9 Å². The number of rotatable bonds is 8. The predicted molar refractivity (Wildman–Crippen MR) is 124 cm³/mol. The number of anilines is 1. The molecule has 4 N–H and O–H groups in total. The minimum absolute atomic E-state index is 0.0961. The normalized spacial score (nSPS) is 21.2. The van der Waals surface area contributed by atoms with E-state index in [9.17, 15) is 0 Å². The van der Waals surface area contributed by atoms with Gasteiger partial charge in [0.25, 0.3) is 0 Å². The zero-order valence-corrected chi connectivity index (χ0v) is 18.4. The van der Waals surface area contributed by atoms with Gasteiger partial charge in [-0.3, -0.25) is 20.7 Å². The SMILES string of the molecule is C=CC1CN(C(=N)CC(=NCC)C(=N)c2cc(OC3(C)CC3)ccc2N)CCN1C. The van der Waals surface area contributed by atoms with E-state index in [0.717, 1.165) is 38.2 Å². The molecule has 0 amide bonds. The summed E-state index contributed by atoms with van der Waals surface area (Å²) >= 11 is 0. The van der Waals surface area contributed by atoms with Crippen LogP contribution >= 0.6 is 0 Å². The zero-order valence-electron chi connectivity index (χ0n) is 18.4. The van der Waals surface area contributed by atoms with Crippen molar-refractivity contribution in [3.8, 4) is 5.75 Å². The van der Waals surface area contributed by atoms with Crippen molar-refractivity contribution in [1.29, 1.82) is 10.8 Å². The maximum atomic E-state index is 8.78. The number of benzene rings is 1. The van der Waals surface area contributed by atoms with Gasteiger partial charge < -0.3 is 15.4 Å². The van der Waals surface area contributed by atoms with E-state index in [2.05, 4.69) is 35.3 Å². The van der Waals surface area contributed by atoms with Crippen molar-refractivity contribution in [1.82, 2.24) is 9.80 Å².